The third-order valence-corrected chi connectivity index (χ3v) is 4.53. The zero-order valence-corrected chi connectivity index (χ0v) is 15.0. The Morgan fingerprint density at radius 1 is 0.963 bits per heavy atom. The summed E-state index contributed by atoms with van der Waals surface area (Å²) in [6, 6.07) is 15.1. The van der Waals surface area contributed by atoms with E-state index in [1.54, 1.807) is 47.4 Å². The van der Waals surface area contributed by atoms with Gasteiger partial charge in [0.25, 0.3) is 5.91 Å². The van der Waals surface area contributed by atoms with Gasteiger partial charge in [-0.3, -0.25) is 4.79 Å². The Kier molecular flexibility index (Phi) is 6.36. The van der Waals surface area contributed by atoms with Gasteiger partial charge in [0.1, 0.15) is 5.82 Å². The summed E-state index contributed by atoms with van der Waals surface area (Å²) in [7, 11) is 0. The van der Waals surface area contributed by atoms with E-state index in [9.17, 15) is 14.0 Å². The maximum atomic E-state index is 13.7. The van der Waals surface area contributed by atoms with Crippen LogP contribution in [0.25, 0.3) is 6.08 Å². The molecular weight excluding hydrogens is 345 g/mol. The number of amides is 1. The summed E-state index contributed by atoms with van der Waals surface area (Å²) in [5.41, 5.74) is 0.911. The molecule has 1 amide bonds. The molecular formula is C22H22FNO3. The van der Waals surface area contributed by atoms with Crippen LogP contribution in [0, 0.1) is 5.82 Å². The Morgan fingerprint density at radius 3 is 2.33 bits per heavy atom. The van der Waals surface area contributed by atoms with Crippen LogP contribution in [0.2, 0.25) is 0 Å². The number of esters is 1. The lowest BCUT2D eigenvalue weighted by Crippen LogP contribution is -2.40. The number of hydrogen-bond acceptors (Lipinski definition) is 3. The molecule has 1 aliphatic heterocycles. The fraction of sp³-hybridized carbons (Fsp3) is 0.273. The molecule has 0 radical (unpaired) electrons. The molecule has 1 atom stereocenters. The number of carbonyl (C=O) groups excluding carboxylic acids is 2. The van der Waals surface area contributed by atoms with Gasteiger partial charge in [-0.05, 0) is 31.4 Å². The van der Waals surface area contributed by atoms with E-state index in [0.717, 1.165) is 25.3 Å². The molecule has 1 aliphatic rings. The predicted octanol–water partition coefficient (Wildman–Crippen LogP) is 4.14. The molecule has 0 aliphatic carbocycles. The fourth-order valence-corrected chi connectivity index (χ4v) is 3.09. The highest BCUT2D eigenvalue weighted by molar-refractivity contribution is 5.91. The van der Waals surface area contributed by atoms with Gasteiger partial charge in [-0.2, -0.15) is 0 Å². The van der Waals surface area contributed by atoms with Crippen molar-refractivity contribution in [2.45, 2.75) is 25.4 Å². The minimum absolute atomic E-state index is 0.214. The third-order valence-electron chi connectivity index (χ3n) is 4.53. The number of likely N-dealkylation sites (tertiary alicyclic amines) is 1. The molecule has 2 aromatic rings. The number of piperidine rings is 1. The van der Waals surface area contributed by atoms with Crippen LogP contribution in [0.4, 0.5) is 4.39 Å². The van der Waals surface area contributed by atoms with Crippen molar-refractivity contribution in [2.24, 2.45) is 0 Å². The molecule has 2 aromatic carbocycles. The highest BCUT2D eigenvalue weighted by Gasteiger charge is 2.29. The van der Waals surface area contributed by atoms with Crippen LogP contribution in [0.5, 0.6) is 0 Å². The number of carbonyl (C=O) groups is 2. The zero-order chi connectivity index (χ0) is 19.1. The number of nitrogens with zero attached hydrogens (tertiary/aromatic N) is 1. The summed E-state index contributed by atoms with van der Waals surface area (Å²) >= 11 is 0. The molecule has 0 aromatic heterocycles. The van der Waals surface area contributed by atoms with Gasteiger partial charge in [0.05, 0.1) is 0 Å². The largest absolute Gasteiger partial charge is 0.444 e. The lowest BCUT2D eigenvalue weighted by molar-refractivity contribution is -0.157. The second-order valence-corrected chi connectivity index (χ2v) is 6.47. The summed E-state index contributed by atoms with van der Waals surface area (Å²) in [6.07, 6.45) is 4.51. The Bertz CT molecular complexity index is 813. The van der Waals surface area contributed by atoms with Gasteiger partial charge in [0, 0.05) is 30.3 Å². The van der Waals surface area contributed by atoms with E-state index < -0.39 is 17.9 Å². The Labute approximate surface area is 158 Å². The summed E-state index contributed by atoms with van der Waals surface area (Å²) in [4.78, 5) is 27.0. The van der Waals surface area contributed by atoms with Gasteiger partial charge in [-0.1, -0.05) is 48.5 Å². The number of benzene rings is 2. The predicted molar refractivity (Wildman–Crippen MR) is 101 cm³/mol. The van der Waals surface area contributed by atoms with Gasteiger partial charge in [0.2, 0.25) is 6.10 Å². The summed E-state index contributed by atoms with van der Waals surface area (Å²) in [5, 5.41) is 0. The van der Waals surface area contributed by atoms with E-state index in [1.807, 2.05) is 6.07 Å². The highest BCUT2D eigenvalue weighted by Crippen LogP contribution is 2.23. The zero-order valence-electron chi connectivity index (χ0n) is 15.0. The summed E-state index contributed by atoms with van der Waals surface area (Å²) in [5.74, 6) is -1.32. The average molecular weight is 367 g/mol. The molecule has 0 saturated carbocycles. The minimum atomic E-state index is -0.998. The first-order valence-electron chi connectivity index (χ1n) is 9.12. The van der Waals surface area contributed by atoms with Crippen molar-refractivity contribution in [3.05, 3.63) is 77.6 Å². The second-order valence-electron chi connectivity index (χ2n) is 6.47. The van der Waals surface area contributed by atoms with E-state index in [2.05, 4.69) is 0 Å². The number of rotatable bonds is 5. The molecule has 140 valence electrons. The minimum Gasteiger partial charge on any atom is -0.444 e. The number of ether oxygens (including phenoxy) is 1. The maximum Gasteiger partial charge on any atom is 0.331 e. The molecule has 0 bridgehead atoms. The van der Waals surface area contributed by atoms with E-state index in [0.29, 0.717) is 18.7 Å². The fourth-order valence-electron chi connectivity index (χ4n) is 3.09. The standard InChI is InChI=1S/C22H22FNO3/c23-19-12-6-5-9-17(19)13-14-20(25)27-21(18-10-3-1-4-11-18)22(26)24-15-7-2-8-16-24/h1,3-6,9-14,21H,2,7-8,15-16H2/b14-13+/t21-/m1/s1. The monoisotopic (exact) mass is 367 g/mol. The van der Waals surface area contributed by atoms with Crippen LogP contribution in [0.3, 0.4) is 0 Å². The van der Waals surface area contributed by atoms with Gasteiger partial charge in [-0.15, -0.1) is 0 Å². The highest BCUT2D eigenvalue weighted by atomic mass is 19.1. The Morgan fingerprint density at radius 2 is 1.63 bits per heavy atom. The molecule has 27 heavy (non-hydrogen) atoms. The molecule has 1 fully saturated rings. The molecule has 0 spiro atoms. The van der Waals surface area contributed by atoms with Gasteiger partial charge < -0.3 is 9.64 Å². The Balaban J connectivity index is 1.75. The van der Waals surface area contributed by atoms with Gasteiger partial charge in [0.15, 0.2) is 0 Å². The third kappa shape index (κ3) is 5.03. The maximum absolute atomic E-state index is 13.7. The molecule has 1 saturated heterocycles. The summed E-state index contributed by atoms with van der Waals surface area (Å²) in [6.45, 7) is 1.34. The molecule has 4 nitrogen and oxygen atoms in total. The average Bonchev–Trinajstić information content (AvgIpc) is 2.72. The van der Waals surface area contributed by atoms with E-state index in [1.165, 1.54) is 12.1 Å². The Hall–Kier alpha value is -2.95. The van der Waals surface area contributed by atoms with Crippen LogP contribution in [-0.4, -0.2) is 29.9 Å². The van der Waals surface area contributed by atoms with E-state index in [-0.39, 0.29) is 11.5 Å². The van der Waals surface area contributed by atoms with E-state index >= 15 is 0 Å². The molecule has 0 unspecified atom stereocenters. The van der Waals surface area contributed by atoms with Crippen molar-refractivity contribution in [1.82, 2.24) is 4.90 Å². The summed E-state index contributed by atoms with van der Waals surface area (Å²) < 4.78 is 19.1. The second kappa shape index (κ2) is 9.12. The first-order valence-corrected chi connectivity index (χ1v) is 9.12. The smallest absolute Gasteiger partial charge is 0.331 e. The molecule has 3 rings (SSSR count). The number of hydrogen-bond donors (Lipinski definition) is 0. The van der Waals surface area contributed by atoms with Crippen LogP contribution < -0.4 is 0 Å². The quantitative estimate of drug-likeness (QED) is 0.589. The number of halogens is 1. The van der Waals surface area contributed by atoms with Crippen molar-refractivity contribution < 1.29 is 18.7 Å². The van der Waals surface area contributed by atoms with Crippen LogP contribution in [0.1, 0.15) is 36.5 Å². The molecule has 0 N–H and O–H groups in total. The van der Waals surface area contributed by atoms with Gasteiger partial charge in [-0.25, -0.2) is 9.18 Å². The SMILES string of the molecule is O=C(/C=C/c1ccccc1F)O[C@@H](C(=O)N1CCCCC1)c1ccccc1. The first-order chi connectivity index (χ1) is 13.1. The lowest BCUT2D eigenvalue weighted by Gasteiger charge is -2.30. The molecule has 5 heteroatoms. The van der Waals surface area contributed by atoms with E-state index in [4.69, 9.17) is 4.74 Å². The van der Waals surface area contributed by atoms with Crippen LogP contribution in [0.15, 0.2) is 60.7 Å². The van der Waals surface area contributed by atoms with Crippen molar-refractivity contribution in [3.8, 4) is 0 Å². The van der Waals surface area contributed by atoms with Crippen LogP contribution >= 0.6 is 0 Å². The van der Waals surface area contributed by atoms with Crippen molar-refractivity contribution in [3.63, 3.8) is 0 Å². The van der Waals surface area contributed by atoms with Crippen LogP contribution in [-0.2, 0) is 14.3 Å². The lowest BCUT2D eigenvalue weighted by atomic mass is 10.1. The van der Waals surface area contributed by atoms with Gasteiger partial charge >= 0.3 is 5.97 Å². The normalized spacial score (nSPS) is 15.5. The van der Waals surface area contributed by atoms with Crippen molar-refractivity contribution in [2.75, 3.05) is 13.1 Å². The van der Waals surface area contributed by atoms with Crippen molar-refractivity contribution >= 4 is 18.0 Å². The first kappa shape index (κ1) is 18.8. The topological polar surface area (TPSA) is 46.6 Å². The van der Waals surface area contributed by atoms with Crippen molar-refractivity contribution in [1.29, 1.82) is 0 Å². The molecule has 1 heterocycles.